The van der Waals surface area contributed by atoms with Gasteiger partial charge in [0.25, 0.3) is 0 Å². The predicted octanol–water partition coefficient (Wildman–Crippen LogP) is 2.32. The third-order valence-electron chi connectivity index (χ3n) is 2.07. The highest BCUT2D eigenvalue weighted by molar-refractivity contribution is 9.10. The summed E-state index contributed by atoms with van der Waals surface area (Å²) in [4.78, 5) is 10.4. The van der Waals surface area contributed by atoms with Crippen LogP contribution >= 0.6 is 15.9 Å². The maximum Gasteiger partial charge on any atom is 0.328 e. The lowest BCUT2D eigenvalue weighted by molar-refractivity contribution is -0.131. The molecule has 0 saturated carbocycles. The Labute approximate surface area is 101 Å². The molecule has 1 N–H and O–H groups in total. The summed E-state index contributed by atoms with van der Waals surface area (Å²) in [5, 5.41) is 8.55. The van der Waals surface area contributed by atoms with Gasteiger partial charge in [-0.15, -0.1) is 0 Å². The number of carbonyl (C=O) groups is 1. The summed E-state index contributed by atoms with van der Waals surface area (Å²) in [5.41, 5.74) is 0.742. The molecule has 0 aromatic heterocycles. The summed E-state index contributed by atoms with van der Waals surface area (Å²) in [5.74, 6) is 0.326. The number of carboxylic acid groups (broad SMARTS) is 1. The number of hydrogen-bond donors (Lipinski definition) is 1. The maximum atomic E-state index is 10.4. The van der Waals surface area contributed by atoms with Gasteiger partial charge in [-0.25, -0.2) is 4.79 Å². The van der Waals surface area contributed by atoms with E-state index in [1.807, 2.05) is 0 Å². The number of rotatable bonds is 2. The van der Waals surface area contributed by atoms with Gasteiger partial charge in [-0.05, 0) is 23.8 Å². The van der Waals surface area contributed by atoms with Crippen molar-refractivity contribution >= 4 is 28.0 Å². The van der Waals surface area contributed by atoms with Crippen molar-refractivity contribution < 1.29 is 19.4 Å². The van der Waals surface area contributed by atoms with Gasteiger partial charge in [-0.2, -0.15) is 0 Å². The minimum absolute atomic E-state index is 0.511. The molecule has 0 bridgehead atoms. The molecule has 0 fully saturated rings. The van der Waals surface area contributed by atoms with Gasteiger partial charge in [0.05, 0.1) is 0 Å². The molecule has 0 saturated heterocycles. The van der Waals surface area contributed by atoms with Crippen LogP contribution in [0.1, 0.15) is 5.56 Å². The standard InChI is InChI=1S/C11H9BrO4/c12-8-6-10-9(15-3-4-16-10)5-7(8)1-2-11(13)14/h1-2,5-6H,3-4H2,(H,13,14). The zero-order valence-corrected chi connectivity index (χ0v) is 9.86. The number of aliphatic carboxylic acids is 1. The van der Waals surface area contributed by atoms with E-state index in [-0.39, 0.29) is 0 Å². The topological polar surface area (TPSA) is 55.8 Å². The van der Waals surface area contributed by atoms with E-state index < -0.39 is 5.97 Å². The molecule has 84 valence electrons. The normalized spacial score (nSPS) is 14.1. The van der Waals surface area contributed by atoms with Crippen LogP contribution in [-0.2, 0) is 4.79 Å². The molecule has 1 heterocycles. The van der Waals surface area contributed by atoms with Crippen LogP contribution in [0.5, 0.6) is 11.5 Å². The zero-order valence-electron chi connectivity index (χ0n) is 8.27. The molecular formula is C11H9BrO4. The summed E-state index contributed by atoms with van der Waals surface area (Å²) >= 11 is 3.35. The number of hydrogen-bond acceptors (Lipinski definition) is 3. The summed E-state index contributed by atoms with van der Waals surface area (Å²) in [6.45, 7) is 1.04. The third kappa shape index (κ3) is 2.36. The van der Waals surface area contributed by atoms with Crippen LogP contribution < -0.4 is 9.47 Å². The smallest absolute Gasteiger partial charge is 0.328 e. The number of benzene rings is 1. The van der Waals surface area contributed by atoms with E-state index in [4.69, 9.17) is 14.6 Å². The Morgan fingerprint density at radius 3 is 2.56 bits per heavy atom. The minimum Gasteiger partial charge on any atom is -0.486 e. The lowest BCUT2D eigenvalue weighted by atomic mass is 10.2. The molecule has 4 nitrogen and oxygen atoms in total. The van der Waals surface area contributed by atoms with Gasteiger partial charge in [0.1, 0.15) is 13.2 Å². The number of halogens is 1. The lowest BCUT2D eigenvalue weighted by Crippen LogP contribution is -2.15. The molecule has 0 radical (unpaired) electrons. The van der Waals surface area contributed by atoms with Crippen molar-refractivity contribution in [1.82, 2.24) is 0 Å². The second-order valence-corrected chi connectivity index (χ2v) is 4.04. The quantitative estimate of drug-likeness (QED) is 0.847. The molecule has 0 aliphatic carbocycles. The highest BCUT2D eigenvalue weighted by Gasteiger charge is 2.13. The zero-order chi connectivity index (χ0) is 11.5. The lowest BCUT2D eigenvalue weighted by Gasteiger charge is -2.19. The third-order valence-corrected chi connectivity index (χ3v) is 2.75. The van der Waals surface area contributed by atoms with Crippen LogP contribution in [0.15, 0.2) is 22.7 Å². The van der Waals surface area contributed by atoms with E-state index in [1.165, 1.54) is 6.08 Å². The monoisotopic (exact) mass is 284 g/mol. The van der Waals surface area contributed by atoms with E-state index in [0.717, 1.165) is 16.1 Å². The molecule has 2 rings (SSSR count). The Hall–Kier alpha value is -1.49. The Morgan fingerprint density at radius 1 is 1.31 bits per heavy atom. The molecule has 0 spiro atoms. The van der Waals surface area contributed by atoms with Crippen molar-refractivity contribution in [1.29, 1.82) is 0 Å². The number of carboxylic acids is 1. The highest BCUT2D eigenvalue weighted by atomic mass is 79.9. The summed E-state index contributed by atoms with van der Waals surface area (Å²) in [6, 6.07) is 3.52. The Morgan fingerprint density at radius 2 is 1.94 bits per heavy atom. The van der Waals surface area contributed by atoms with E-state index in [1.54, 1.807) is 12.1 Å². The molecular weight excluding hydrogens is 276 g/mol. The van der Waals surface area contributed by atoms with Gasteiger partial charge in [0.15, 0.2) is 11.5 Å². The Kier molecular flexibility index (Phi) is 3.14. The summed E-state index contributed by atoms with van der Waals surface area (Å²) < 4.78 is 11.6. The molecule has 0 amide bonds. The van der Waals surface area contributed by atoms with Gasteiger partial charge in [-0.3, -0.25) is 0 Å². The summed E-state index contributed by atoms with van der Waals surface area (Å²) in [6.07, 6.45) is 2.58. The van der Waals surface area contributed by atoms with Crippen molar-refractivity contribution in [2.24, 2.45) is 0 Å². The van der Waals surface area contributed by atoms with E-state index in [2.05, 4.69) is 15.9 Å². The van der Waals surface area contributed by atoms with Crippen molar-refractivity contribution in [2.75, 3.05) is 13.2 Å². The first-order chi connectivity index (χ1) is 7.66. The largest absolute Gasteiger partial charge is 0.486 e. The molecule has 1 aliphatic rings. The van der Waals surface area contributed by atoms with Crippen molar-refractivity contribution in [3.05, 3.63) is 28.2 Å². The van der Waals surface area contributed by atoms with Gasteiger partial charge >= 0.3 is 5.97 Å². The number of ether oxygens (including phenoxy) is 2. The second-order valence-electron chi connectivity index (χ2n) is 3.19. The molecule has 1 aromatic carbocycles. The van der Waals surface area contributed by atoms with E-state index >= 15 is 0 Å². The fraction of sp³-hybridized carbons (Fsp3) is 0.182. The first kappa shape index (κ1) is 11.0. The van der Waals surface area contributed by atoms with Crippen molar-refractivity contribution in [2.45, 2.75) is 0 Å². The Bertz CT molecular complexity index is 454. The van der Waals surface area contributed by atoms with Crippen LogP contribution in [-0.4, -0.2) is 24.3 Å². The SMILES string of the molecule is O=C(O)C=Cc1cc2c(cc1Br)OCCO2. The predicted molar refractivity (Wildman–Crippen MR) is 61.8 cm³/mol. The van der Waals surface area contributed by atoms with Crippen molar-refractivity contribution in [3.63, 3.8) is 0 Å². The van der Waals surface area contributed by atoms with Gasteiger partial charge < -0.3 is 14.6 Å². The molecule has 5 heteroatoms. The molecule has 1 aromatic rings. The van der Waals surface area contributed by atoms with Crippen LogP contribution in [0, 0.1) is 0 Å². The van der Waals surface area contributed by atoms with E-state index in [0.29, 0.717) is 24.7 Å². The first-order valence-electron chi connectivity index (χ1n) is 4.67. The van der Waals surface area contributed by atoms with E-state index in [9.17, 15) is 4.79 Å². The van der Waals surface area contributed by atoms with Crippen LogP contribution in [0.4, 0.5) is 0 Å². The van der Waals surface area contributed by atoms with Gasteiger partial charge in [0, 0.05) is 10.5 Å². The van der Waals surface area contributed by atoms with Crippen LogP contribution in [0.25, 0.3) is 6.08 Å². The fourth-order valence-corrected chi connectivity index (χ4v) is 1.82. The van der Waals surface area contributed by atoms with Crippen LogP contribution in [0.2, 0.25) is 0 Å². The average Bonchev–Trinajstić information content (AvgIpc) is 2.26. The maximum absolute atomic E-state index is 10.4. The second kappa shape index (κ2) is 4.57. The molecule has 0 atom stereocenters. The fourth-order valence-electron chi connectivity index (χ4n) is 1.37. The molecule has 1 aliphatic heterocycles. The van der Waals surface area contributed by atoms with Gasteiger partial charge in [0.2, 0.25) is 0 Å². The highest BCUT2D eigenvalue weighted by Crippen LogP contribution is 2.35. The molecule has 0 unspecified atom stereocenters. The van der Waals surface area contributed by atoms with Crippen LogP contribution in [0.3, 0.4) is 0 Å². The average molecular weight is 285 g/mol. The first-order valence-corrected chi connectivity index (χ1v) is 5.46. The Balaban J connectivity index is 2.35. The van der Waals surface area contributed by atoms with Crippen molar-refractivity contribution in [3.8, 4) is 11.5 Å². The summed E-state index contributed by atoms with van der Waals surface area (Å²) in [7, 11) is 0. The minimum atomic E-state index is -0.984. The molecule has 16 heavy (non-hydrogen) atoms. The van der Waals surface area contributed by atoms with Gasteiger partial charge in [-0.1, -0.05) is 15.9 Å². The number of fused-ring (bicyclic) bond motifs is 1.